The monoisotopic (exact) mass is 299 g/mol. The summed E-state index contributed by atoms with van der Waals surface area (Å²) in [5.74, 6) is 1.11. The highest BCUT2D eigenvalue weighted by molar-refractivity contribution is 5.40. The Morgan fingerprint density at radius 1 is 1.23 bits per heavy atom. The quantitative estimate of drug-likeness (QED) is 0.853. The van der Waals surface area contributed by atoms with Crippen LogP contribution >= 0.6 is 0 Å². The van der Waals surface area contributed by atoms with Crippen LogP contribution in [0, 0.1) is 0 Å². The van der Waals surface area contributed by atoms with Crippen LogP contribution in [0.4, 0.5) is 0 Å². The molecular formula is C17H21N3O2. The molecule has 0 fully saturated rings. The lowest BCUT2D eigenvalue weighted by molar-refractivity contribution is 0.242. The summed E-state index contributed by atoms with van der Waals surface area (Å²) in [5, 5.41) is 19.0. The smallest absolute Gasteiger partial charge is 0.157 e. The van der Waals surface area contributed by atoms with Crippen LogP contribution in [0.3, 0.4) is 0 Å². The van der Waals surface area contributed by atoms with Crippen LogP contribution in [-0.2, 0) is 19.5 Å². The van der Waals surface area contributed by atoms with E-state index >= 15 is 0 Å². The zero-order valence-corrected chi connectivity index (χ0v) is 13.0. The fourth-order valence-corrected chi connectivity index (χ4v) is 2.73. The van der Waals surface area contributed by atoms with E-state index in [1.807, 2.05) is 12.3 Å². The lowest BCUT2D eigenvalue weighted by atomic mass is 10.1. The van der Waals surface area contributed by atoms with Crippen molar-refractivity contribution in [2.45, 2.75) is 39.3 Å². The van der Waals surface area contributed by atoms with E-state index in [9.17, 15) is 10.2 Å². The summed E-state index contributed by atoms with van der Waals surface area (Å²) < 4.78 is 0. The van der Waals surface area contributed by atoms with Crippen LogP contribution in [0.15, 0.2) is 24.4 Å². The average Bonchev–Trinajstić information content (AvgIpc) is 2.50. The van der Waals surface area contributed by atoms with Gasteiger partial charge >= 0.3 is 0 Å². The van der Waals surface area contributed by atoms with Crippen molar-refractivity contribution in [1.82, 2.24) is 14.9 Å². The molecule has 0 bridgehead atoms. The highest BCUT2D eigenvalue weighted by Gasteiger charge is 2.19. The van der Waals surface area contributed by atoms with Crippen molar-refractivity contribution in [3.8, 4) is 11.5 Å². The molecule has 0 radical (unpaired) electrons. The molecule has 1 aromatic carbocycles. The Morgan fingerprint density at radius 3 is 2.77 bits per heavy atom. The standard InChI is InChI=1S/C17H21N3O2/c1-11(2)17-18-8-13-10-20(6-5-14(13)19-17)9-12-3-4-15(21)16(22)7-12/h3-4,7-8,11,21-22H,5-6,9-10H2,1-2H3. The molecule has 2 aromatic rings. The van der Waals surface area contributed by atoms with Gasteiger partial charge in [0, 0.05) is 49.4 Å². The van der Waals surface area contributed by atoms with Crippen molar-refractivity contribution in [3.63, 3.8) is 0 Å². The molecule has 5 heteroatoms. The Kier molecular flexibility index (Phi) is 3.98. The zero-order valence-electron chi connectivity index (χ0n) is 13.0. The number of phenolic OH excluding ortho intramolecular Hbond substituents is 2. The fraction of sp³-hybridized carbons (Fsp3) is 0.412. The molecule has 5 nitrogen and oxygen atoms in total. The Labute approximate surface area is 130 Å². The predicted molar refractivity (Wildman–Crippen MR) is 83.7 cm³/mol. The second kappa shape index (κ2) is 5.93. The molecule has 3 rings (SSSR count). The van der Waals surface area contributed by atoms with E-state index < -0.39 is 0 Å². The summed E-state index contributed by atoms with van der Waals surface area (Å²) in [7, 11) is 0. The number of phenols is 2. The van der Waals surface area contributed by atoms with Gasteiger partial charge < -0.3 is 10.2 Å². The van der Waals surface area contributed by atoms with E-state index in [0.717, 1.165) is 43.1 Å². The predicted octanol–water partition coefficient (Wildman–Crippen LogP) is 2.57. The third-order valence-corrected chi connectivity index (χ3v) is 3.99. The summed E-state index contributed by atoms with van der Waals surface area (Å²) in [6, 6.07) is 4.98. The number of nitrogens with zero attached hydrogens (tertiary/aromatic N) is 3. The Hall–Kier alpha value is -2.14. The first-order chi connectivity index (χ1) is 10.5. The Bertz CT molecular complexity index is 686. The molecule has 2 heterocycles. The van der Waals surface area contributed by atoms with Crippen molar-refractivity contribution >= 4 is 0 Å². The number of fused-ring (bicyclic) bond motifs is 1. The van der Waals surface area contributed by atoms with Gasteiger partial charge in [0.1, 0.15) is 5.82 Å². The molecule has 22 heavy (non-hydrogen) atoms. The van der Waals surface area contributed by atoms with Crippen LogP contribution in [-0.4, -0.2) is 31.6 Å². The molecule has 1 aromatic heterocycles. The topological polar surface area (TPSA) is 69.5 Å². The van der Waals surface area contributed by atoms with Gasteiger partial charge in [0.15, 0.2) is 11.5 Å². The Balaban J connectivity index is 1.72. The van der Waals surface area contributed by atoms with Gasteiger partial charge in [-0.05, 0) is 17.7 Å². The zero-order chi connectivity index (χ0) is 15.7. The molecule has 0 aliphatic carbocycles. The van der Waals surface area contributed by atoms with E-state index in [4.69, 9.17) is 0 Å². The number of benzene rings is 1. The van der Waals surface area contributed by atoms with Crippen LogP contribution in [0.5, 0.6) is 11.5 Å². The first-order valence-corrected chi connectivity index (χ1v) is 7.61. The first-order valence-electron chi connectivity index (χ1n) is 7.61. The van der Waals surface area contributed by atoms with E-state index in [1.54, 1.807) is 6.07 Å². The van der Waals surface area contributed by atoms with Crippen molar-refractivity contribution in [3.05, 3.63) is 47.0 Å². The van der Waals surface area contributed by atoms with E-state index in [1.165, 1.54) is 11.6 Å². The summed E-state index contributed by atoms with van der Waals surface area (Å²) in [5.41, 5.74) is 3.32. The van der Waals surface area contributed by atoms with Crippen molar-refractivity contribution < 1.29 is 10.2 Å². The number of aromatic nitrogens is 2. The van der Waals surface area contributed by atoms with Gasteiger partial charge in [0.25, 0.3) is 0 Å². The third kappa shape index (κ3) is 3.04. The van der Waals surface area contributed by atoms with Crippen molar-refractivity contribution in [2.75, 3.05) is 6.54 Å². The highest BCUT2D eigenvalue weighted by Crippen LogP contribution is 2.26. The lowest BCUT2D eigenvalue weighted by Crippen LogP contribution is -2.31. The summed E-state index contributed by atoms with van der Waals surface area (Å²) in [6.45, 7) is 6.69. The van der Waals surface area contributed by atoms with Gasteiger partial charge in [-0.25, -0.2) is 9.97 Å². The molecular weight excluding hydrogens is 278 g/mol. The molecule has 0 spiro atoms. The minimum absolute atomic E-state index is 0.0696. The van der Waals surface area contributed by atoms with Crippen LogP contribution in [0.25, 0.3) is 0 Å². The molecule has 116 valence electrons. The highest BCUT2D eigenvalue weighted by atomic mass is 16.3. The van der Waals surface area contributed by atoms with Crippen LogP contribution in [0.2, 0.25) is 0 Å². The number of rotatable bonds is 3. The molecule has 0 saturated carbocycles. The number of hydrogen-bond donors (Lipinski definition) is 2. The first kappa shape index (κ1) is 14.8. The van der Waals surface area contributed by atoms with E-state index in [2.05, 4.69) is 28.7 Å². The summed E-state index contributed by atoms with van der Waals surface area (Å²) >= 11 is 0. The van der Waals surface area contributed by atoms with E-state index in [0.29, 0.717) is 5.92 Å². The van der Waals surface area contributed by atoms with Crippen molar-refractivity contribution in [1.29, 1.82) is 0 Å². The maximum Gasteiger partial charge on any atom is 0.157 e. The summed E-state index contributed by atoms with van der Waals surface area (Å²) in [6.07, 6.45) is 2.86. The van der Waals surface area contributed by atoms with Gasteiger partial charge in [-0.1, -0.05) is 19.9 Å². The van der Waals surface area contributed by atoms with Crippen LogP contribution < -0.4 is 0 Å². The number of hydrogen-bond acceptors (Lipinski definition) is 5. The van der Waals surface area contributed by atoms with E-state index in [-0.39, 0.29) is 11.5 Å². The lowest BCUT2D eigenvalue weighted by Gasteiger charge is -2.28. The maximum absolute atomic E-state index is 9.58. The third-order valence-electron chi connectivity index (χ3n) is 3.99. The minimum atomic E-state index is -0.0812. The molecule has 2 N–H and O–H groups in total. The number of aromatic hydroxyl groups is 2. The SMILES string of the molecule is CC(C)c1ncc2c(n1)CCN(Cc1ccc(O)c(O)c1)C2. The van der Waals surface area contributed by atoms with Gasteiger partial charge in [-0.3, -0.25) is 4.90 Å². The average molecular weight is 299 g/mol. The largest absolute Gasteiger partial charge is 0.504 e. The molecule has 1 aliphatic heterocycles. The summed E-state index contributed by atoms with van der Waals surface area (Å²) in [4.78, 5) is 11.4. The van der Waals surface area contributed by atoms with Gasteiger partial charge in [0.2, 0.25) is 0 Å². The van der Waals surface area contributed by atoms with Crippen molar-refractivity contribution in [2.24, 2.45) is 0 Å². The molecule has 0 amide bonds. The van der Waals surface area contributed by atoms with Crippen LogP contribution in [0.1, 0.15) is 42.4 Å². The second-order valence-corrected chi connectivity index (χ2v) is 6.14. The fourth-order valence-electron chi connectivity index (χ4n) is 2.73. The maximum atomic E-state index is 9.58. The van der Waals surface area contributed by atoms with Gasteiger partial charge in [0.05, 0.1) is 0 Å². The molecule has 0 saturated heterocycles. The Morgan fingerprint density at radius 2 is 2.05 bits per heavy atom. The normalized spacial score (nSPS) is 15.0. The minimum Gasteiger partial charge on any atom is -0.504 e. The van der Waals surface area contributed by atoms with Gasteiger partial charge in [-0.15, -0.1) is 0 Å². The van der Waals surface area contributed by atoms with Gasteiger partial charge in [-0.2, -0.15) is 0 Å². The second-order valence-electron chi connectivity index (χ2n) is 6.14. The molecule has 0 atom stereocenters. The molecule has 1 aliphatic rings. The molecule has 0 unspecified atom stereocenters.